The first-order valence-electron chi connectivity index (χ1n) is 5.66. The lowest BCUT2D eigenvalue weighted by Crippen LogP contribution is -2.07. The molecule has 94 valence electrons. The number of aliphatic hydroxyl groups excluding tert-OH is 1. The topological polar surface area (TPSA) is 55.8 Å². The van der Waals surface area contributed by atoms with Gasteiger partial charge in [-0.25, -0.2) is 4.79 Å². The van der Waals surface area contributed by atoms with Crippen molar-refractivity contribution in [2.24, 2.45) is 0 Å². The van der Waals surface area contributed by atoms with Crippen LogP contribution in [0.4, 0.5) is 0 Å². The molecule has 0 unspecified atom stereocenters. The second-order valence-corrected chi connectivity index (χ2v) is 3.80. The van der Waals surface area contributed by atoms with Gasteiger partial charge in [-0.15, -0.1) is 0 Å². The second kappa shape index (κ2) is 9.36. The normalized spacial score (nSPS) is 12.2. The Balaban J connectivity index is 3.16. The lowest BCUT2D eigenvalue weighted by Gasteiger charge is -2.06. The first kappa shape index (κ1) is 15.1. The van der Waals surface area contributed by atoms with E-state index in [2.05, 4.69) is 6.58 Å². The van der Waals surface area contributed by atoms with Crippen LogP contribution in [-0.4, -0.2) is 30.6 Å². The molecule has 1 N–H and O–H groups in total. The fraction of sp³-hybridized carbons (Fsp3) is 0.750. The summed E-state index contributed by atoms with van der Waals surface area (Å²) in [6, 6.07) is 0. The Labute approximate surface area is 97.2 Å². The maximum Gasteiger partial charge on any atom is 0.333 e. The number of carbonyl (C=O) groups excluding carboxylic acids is 1. The monoisotopic (exact) mass is 230 g/mol. The van der Waals surface area contributed by atoms with Crippen LogP contribution in [0.3, 0.4) is 0 Å². The quantitative estimate of drug-likeness (QED) is 0.285. The van der Waals surface area contributed by atoms with E-state index >= 15 is 0 Å². The van der Waals surface area contributed by atoms with Gasteiger partial charge < -0.3 is 14.6 Å². The molecular weight excluding hydrogens is 208 g/mol. The third-order valence-electron chi connectivity index (χ3n) is 1.98. The smallest absolute Gasteiger partial charge is 0.333 e. The standard InChI is InChI=1S/C12H22O4/c1-10(2)12(14)16-9-7-5-4-6-8-15-11(3)13/h11,13H,1,4-9H2,2-3H3/t11-/m1/s1. The highest BCUT2D eigenvalue weighted by Gasteiger charge is 2.01. The predicted molar refractivity (Wildman–Crippen MR) is 61.9 cm³/mol. The average molecular weight is 230 g/mol. The Morgan fingerprint density at radius 1 is 1.25 bits per heavy atom. The average Bonchev–Trinajstić information content (AvgIpc) is 2.21. The van der Waals surface area contributed by atoms with E-state index in [9.17, 15) is 4.79 Å². The van der Waals surface area contributed by atoms with Crippen molar-refractivity contribution in [3.8, 4) is 0 Å². The molecule has 0 aromatic rings. The largest absolute Gasteiger partial charge is 0.462 e. The molecule has 1 atom stereocenters. The maximum atomic E-state index is 11.0. The van der Waals surface area contributed by atoms with Crippen LogP contribution in [0.1, 0.15) is 39.5 Å². The molecule has 0 amide bonds. The minimum atomic E-state index is -0.684. The van der Waals surface area contributed by atoms with Crippen molar-refractivity contribution in [1.29, 1.82) is 0 Å². The fourth-order valence-corrected chi connectivity index (χ4v) is 1.10. The van der Waals surface area contributed by atoms with Crippen LogP contribution < -0.4 is 0 Å². The van der Waals surface area contributed by atoms with E-state index in [4.69, 9.17) is 14.6 Å². The molecular formula is C12H22O4. The number of hydrogen-bond donors (Lipinski definition) is 1. The van der Waals surface area contributed by atoms with Crippen molar-refractivity contribution in [2.75, 3.05) is 13.2 Å². The Morgan fingerprint density at radius 2 is 1.81 bits per heavy atom. The molecule has 0 heterocycles. The Morgan fingerprint density at radius 3 is 2.31 bits per heavy atom. The van der Waals surface area contributed by atoms with Crippen LogP contribution in [0.25, 0.3) is 0 Å². The van der Waals surface area contributed by atoms with Crippen molar-refractivity contribution in [2.45, 2.75) is 45.8 Å². The van der Waals surface area contributed by atoms with Crippen LogP contribution in [0, 0.1) is 0 Å². The zero-order valence-electron chi connectivity index (χ0n) is 10.2. The van der Waals surface area contributed by atoms with Crippen LogP contribution in [0.15, 0.2) is 12.2 Å². The van der Waals surface area contributed by atoms with E-state index in [-0.39, 0.29) is 5.97 Å². The lowest BCUT2D eigenvalue weighted by molar-refractivity contribution is -0.139. The minimum Gasteiger partial charge on any atom is -0.462 e. The third-order valence-corrected chi connectivity index (χ3v) is 1.98. The van der Waals surface area contributed by atoms with Gasteiger partial charge in [0.15, 0.2) is 6.29 Å². The summed E-state index contributed by atoms with van der Waals surface area (Å²) in [6.45, 7) is 7.75. The van der Waals surface area contributed by atoms with Crippen molar-refractivity contribution in [3.63, 3.8) is 0 Å². The summed E-state index contributed by atoms with van der Waals surface area (Å²) in [5, 5.41) is 8.82. The Hall–Kier alpha value is -0.870. The highest BCUT2D eigenvalue weighted by atomic mass is 16.6. The summed E-state index contributed by atoms with van der Waals surface area (Å²) < 4.78 is 9.92. The van der Waals surface area contributed by atoms with Gasteiger partial charge in [0, 0.05) is 12.2 Å². The SMILES string of the molecule is C=C(C)C(=O)OCCCCCCO[C@H](C)O. The number of unbranched alkanes of at least 4 members (excludes halogenated alkanes) is 3. The van der Waals surface area contributed by atoms with Crippen LogP contribution in [0.5, 0.6) is 0 Å². The molecule has 0 rings (SSSR count). The second-order valence-electron chi connectivity index (χ2n) is 3.80. The van der Waals surface area contributed by atoms with Crippen LogP contribution in [0.2, 0.25) is 0 Å². The maximum absolute atomic E-state index is 11.0. The van der Waals surface area contributed by atoms with Gasteiger partial charge in [0.1, 0.15) is 0 Å². The Bertz CT molecular complexity index is 211. The zero-order valence-corrected chi connectivity index (χ0v) is 10.2. The van der Waals surface area contributed by atoms with Gasteiger partial charge >= 0.3 is 5.97 Å². The molecule has 0 bridgehead atoms. The van der Waals surface area contributed by atoms with Crippen LogP contribution >= 0.6 is 0 Å². The molecule has 0 aliphatic rings. The number of carbonyl (C=O) groups is 1. The summed E-state index contributed by atoms with van der Waals surface area (Å²) in [5.41, 5.74) is 0.435. The molecule has 0 saturated heterocycles. The van der Waals surface area contributed by atoms with Crippen molar-refractivity contribution in [3.05, 3.63) is 12.2 Å². The number of aliphatic hydroxyl groups is 1. The van der Waals surface area contributed by atoms with Gasteiger partial charge in [-0.1, -0.05) is 13.0 Å². The van der Waals surface area contributed by atoms with E-state index in [1.165, 1.54) is 0 Å². The van der Waals surface area contributed by atoms with Gasteiger partial charge in [-0.2, -0.15) is 0 Å². The molecule has 0 aromatic heterocycles. The molecule has 0 fully saturated rings. The molecule has 0 aliphatic heterocycles. The van der Waals surface area contributed by atoms with Gasteiger partial charge in [0.05, 0.1) is 6.61 Å². The summed E-state index contributed by atoms with van der Waals surface area (Å²) in [6.07, 6.45) is 3.09. The number of rotatable bonds is 9. The first-order chi connectivity index (χ1) is 7.54. The molecule has 0 spiro atoms. The number of esters is 1. The summed E-state index contributed by atoms with van der Waals surface area (Å²) in [5.74, 6) is -0.322. The van der Waals surface area contributed by atoms with Crippen molar-refractivity contribution in [1.82, 2.24) is 0 Å². The molecule has 4 nitrogen and oxygen atoms in total. The zero-order chi connectivity index (χ0) is 12.4. The first-order valence-corrected chi connectivity index (χ1v) is 5.66. The molecule has 4 heteroatoms. The van der Waals surface area contributed by atoms with Crippen molar-refractivity contribution < 1.29 is 19.4 Å². The Kier molecular flexibility index (Phi) is 8.85. The number of ether oxygens (including phenoxy) is 2. The van der Waals surface area contributed by atoms with E-state index in [0.29, 0.717) is 18.8 Å². The number of hydrogen-bond acceptors (Lipinski definition) is 4. The van der Waals surface area contributed by atoms with Gasteiger partial charge in [0.2, 0.25) is 0 Å². The lowest BCUT2D eigenvalue weighted by atomic mass is 10.2. The van der Waals surface area contributed by atoms with E-state index in [0.717, 1.165) is 25.7 Å². The van der Waals surface area contributed by atoms with Crippen LogP contribution in [-0.2, 0) is 14.3 Å². The molecule has 16 heavy (non-hydrogen) atoms. The minimum absolute atomic E-state index is 0.322. The fourth-order valence-electron chi connectivity index (χ4n) is 1.10. The van der Waals surface area contributed by atoms with E-state index < -0.39 is 6.29 Å². The highest BCUT2D eigenvalue weighted by Crippen LogP contribution is 2.02. The molecule has 0 aromatic carbocycles. The van der Waals surface area contributed by atoms with E-state index in [1.54, 1.807) is 13.8 Å². The third kappa shape index (κ3) is 9.68. The van der Waals surface area contributed by atoms with Gasteiger partial charge in [-0.05, 0) is 33.1 Å². The van der Waals surface area contributed by atoms with Gasteiger partial charge in [-0.3, -0.25) is 0 Å². The highest BCUT2D eigenvalue weighted by molar-refractivity contribution is 5.86. The predicted octanol–water partition coefficient (Wildman–Crippen LogP) is 2.02. The van der Waals surface area contributed by atoms with Gasteiger partial charge in [0.25, 0.3) is 0 Å². The molecule has 0 radical (unpaired) electrons. The summed E-state index contributed by atoms with van der Waals surface area (Å²) >= 11 is 0. The molecule has 0 aliphatic carbocycles. The van der Waals surface area contributed by atoms with Crippen molar-refractivity contribution >= 4 is 5.97 Å². The summed E-state index contributed by atoms with van der Waals surface area (Å²) in [7, 11) is 0. The summed E-state index contributed by atoms with van der Waals surface area (Å²) in [4.78, 5) is 11.0. The van der Waals surface area contributed by atoms with E-state index in [1.807, 2.05) is 0 Å². The molecule has 0 saturated carbocycles.